The molecule has 8 nitrogen and oxygen atoms in total. The van der Waals surface area contributed by atoms with Crippen molar-refractivity contribution >= 4 is 17.6 Å². The van der Waals surface area contributed by atoms with Crippen molar-refractivity contribution in [2.75, 3.05) is 31.6 Å². The van der Waals surface area contributed by atoms with Crippen LogP contribution in [0.2, 0.25) is 0 Å². The first-order valence-corrected chi connectivity index (χ1v) is 6.88. The number of carbonyl (C=O) groups excluding carboxylic acids is 2. The number of hydrogen-bond acceptors (Lipinski definition) is 5. The Morgan fingerprint density at radius 3 is 2.77 bits per heavy atom. The van der Waals surface area contributed by atoms with Crippen molar-refractivity contribution in [3.05, 3.63) is 42.1 Å². The first-order valence-electron chi connectivity index (χ1n) is 6.88. The van der Waals surface area contributed by atoms with Gasteiger partial charge in [-0.25, -0.2) is 9.97 Å². The van der Waals surface area contributed by atoms with Crippen LogP contribution in [0.1, 0.15) is 21.0 Å². The summed E-state index contributed by atoms with van der Waals surface area (Å²) in [5.41, 5.74) is 0.234. The van der Waals surface area contributed by atoms with Crippen molar-refractivity contribution in [3.63, 3.8) is 0 Å². The molecule has 1 aliphatic rings. The second-order valence-electron chi connectivity index (χ2n) is 4.70. The van der Waals surface area contributed by atoms with Gasteiger partial charge in [-0.15, -0.1) is 0 Å². The zero-order valence-electron chi connectivity index (χ0n) is 11.8. The van der Waals surface area contributed by atoms with Crippen LogP contribution in [0, 0.1) is 0 Å². The normalized spacial score (nSPS) is 14.6. The number of hydrogen-bond donors (Lipinski definition) is 2. The Morgan fingerprint density at radius 1 is 1.23 bits per heavy atom. The molecule has 8 heteroatoms. The van der Waals surface area contributed by atoms with Crippen LogP contribution in [0.25, 0.3) is 0 Å². The molecule has 2 amide bonds. The molecule has 2 aromatic rings. The van der Waals surface area contributed by atoms with Gasteiger partial charge in [-0.05, 0) is 12.1 Å². The average Bonchev–Trinajstić information content (AvgIpc) is 3.05. The van der Waals surface area contributed by atoms with Gasteiger partial charge in [-0.2, -0.15) is 0 Å². The lowest BCUT2D eigenvalue weighted by atomic mass is 10.2. The molecule has 2 aromatic heterocycles. The molecule has 0 bridgehead atoms. The van der Waals surface area contributed by atoms with E-state index >= 15 is 0 Å². The summed E-state index contributed by atoms with van der Waals surface area (Å²) in [4.78, 5) is 37.0. The smallest absolute Gasteiger partial charge is 0.277 e. The minimum atomic E-state index is -0.475. The largest absolute Gasteiger partial charge is 0.378 e. The number of pyridine rings is 1. The first kappa shape index (κ1) is 14.2. The minimum Gasteiger partial charge on any atom is -0.378 e. The molecule has 114 valence electrons. The van der Waals surface area contributed by atoms with Gasteiger partial charge in [-0.1, -0.05) is 6.07 Å². The van der Waals surface area contributed by atoms with Gasteiger partial charge in [0.05, 0.1) is 19.5 Å². The standard InChI is InChI=1S/C14H15N5O3/c20-13(18-10-3-1-2-4-15-10)11-12(17-9-16-11)14(21)19-5-7-22-8-6-19/h1-4,9H,5-8H2,(H,16,17)(H,15,18,20). The van der Waals surface area contributed by atoms with Gasteiger partial charge in [-0.3, -0.25) is 9.59 Å². The highest BCUT2D eigenvalue weighted by atomic mass is 16.5. The summed E-state index contributed by atoms with van der Waals surface area (Å²) in [5.74, 6) is -0.330. The third-order valence-corrected chi connectivity index (χ3v) is 3.27. The molecule has 0 aliphatic carbocycles. The quantitative estimate of drug-likeness (QED) is 0.861. The van der Waals surface area contributed by atoms with Gasteiger partial charge in [0.1, 0.15) is 11.5 Å². The second-order valence-corrected chi connectivity index (χ2v) is 4.70. The van der Waals surface area contributed by atoms with Crippen LogP contribution < -0.4 is 5.32 Å². The van der Waals surface area contributed by atoms with E-state index in [-0.39, 0.29) is 17.3 Å². The molecule has 0 radical (unpaired) electrons. The van der Waals surface area contributed by atoms with E-state index in [0.717, 1.165) is 0 Å². The first-order chi connectivity index (χ1) is 10.8. The van der Waals surface area contributed by atoms with Crippen LogP contribution in [0.15, 0.2) is 30.7 Å². The fraction of sp³-hybridized carbons (Fsp3) is 0.286. The van der Waals surface area contributed by atoms with Crippen LogP contribution >= 0.6 is 0 Å². The number of rotatable bonds is 3. The summed E-state index contributed by atoms with van der Waals surface area (Å²) in [6, 6.07) is 5.17. The van der Waals surface area contributed by atoms with Crippen molar-refractivity contribution in [3.8, 4) is 0 Å². The van der Waals surface area contributed by atoms with Crippen molar-refractivity contribution in [2.24, 2.45) is 0 Å². The fourth-order valence-corrected chi connectivity index (χ4v) is 2.17. The molecule has 2 N–H and O–H groups in total. The third-order valence-electron chi connectivity index (χ3n) is 3.27. The highest BCUT2D eigenvalue weighted by molar-refractivity contribution is 6.09. The summed E-state index contributed by atoms with van der Waals surface area (Å²) in [6.45, 7) is 1.99. The maximum atomic E-state index is 12.4. The Hall–Kier alpha value is -2.74. The maximum Gasteiger partial charge on any atom is 0.277 e. The molecule has 0 spiro atoms. The van der Waals surface area contributed by atoms with Gasteiger partial charge in [0.25, 0.3) is 11.8 Å². The van der Waals surface area contributed by atoms with Gasteiger partial charge in [0.15, 0.2) is 5.69 Å². The number of carbonyl (C=O) groups is 2. The third kappa shape index (κ3) is 2.96. The van der Waals surface area contributed by atoms with Crippen LogP contribution in [0.5, 0.6) is 0 Å². The molecule has 1 saturated heterocycles. The number of morpholine rings is 1. The van der Waals surface area contributed by atoms with Crippen LogP contribution in [0.3, 0.4) is 0 Å². The van der Waals surface area contributed by atoms with Gasteiger partial charge >= 0.3 is 0 Å². The van der Waals surface area contributed by atoms with E-state index in [1.165, 1.54) is 6.33 Å². The summed E-state index contributed by atoms with van der Waals surface area (Å²) >= 11 is 0. The van der Waals surface area contributed by atoms with E-state index in [2.05, 4.69) is 20.3 Å². The predicted octanol–water partition coefficient (Wildman–Crippen LogP) is 0.529. The number of aromatic amines is 1. The number of anilines is 1. The topological polar surface area (TPSA) is 100 Å². The summed E-state index contributed by atoms with van der Waals surface area (Å²) in [5, 5.41) is 2.61. The number of imidazole rings is 1. The van der Waals surface area contributed by atoms with Gasteiger partial charge in [0.2, 0.25) is 0 Å². The van der Waals surface area contributed by atoms with Crippen LogP contribution in [0.4, 0.5) is 5.82 Å². The molecule has 0 atom stereocenters. The molecule has 0 aromatic carbocycles. The summed E-state index contributed by atoms with van der Waals surface area (Å²) in [7, 11) is 0. The lowest BCUT2D eigenvalue weighted by Crippen LogP contribution is -2.41. The molecular formula is C14H15N5O3. The maximum absolute atomic E-state index is 12.4. The molecular weight excluding hydrogens is 286 g/mol. The Labute approximate surface area is 126 Å². The highest BCUT2D eigenvalue weighted by Crippen LogP contribution is 2.11. The highest BCUT2D eigenvalue weighted by Gasteiger charge is 2.26. The molecule has 22 heavy (non-hydrogen) atoms. The number of aromatic nitrogens is 3. The van der Waals surface area contributed by atoms with Gasteiger partial charge < -0.3 is 19.9 Å². The number of ether oxygens (including phenoxy) is 1. The van der Waals surface area contributed by atoms with Crippen molar-refractivity contribution < 1.29 is 14.3 Å². The fourth-order valence-electron chi connectivity index (χ4n) is 2.17. The van der Waals surface area contributed by atoms with Crippen molar-refractivity contribution in [2.45, 2.75) is 0 Å². The zero-order valence-corrected chi connectivity index (χ0v) is 11.8. The van der Waals surface area contributed by atoms with Gasteiger partial charge in [0, 0.05) is 19.3 Å². The van der Waals surface area contributed by atoms with E-state index < -0.39 is 5.91 Å². The van der Waals surface area contributed by atoms with E-state index in [4.69, 9.17) is 4.74 Å². The van der Waals surface area contributed by atoms with Crippen molar-refractivity contribution in [1.29, 1.82) is 0 Å². The van der Waals surface area contributed by atoms with Crippen molar-refractivity contribution in [1.82, 2.24) is 19.9 Å². The Bertz CT molecular complexity index is 664. The predicted molar refractivity (Wildman–Crippen MR) is 77.5 cm³/mol. The lowest BCUT2D eigenvalue weighted by Gasteiger charge is -2.26. The Kier molecular flexibility index (Phi) is 4.10. The molecule has 3 heterocycles. The summed E-state index contributed by atoms with van der Waals surface area (Å²) in [6.07, 6.45) is 2.90. The number of nitrogens with one attached hydrogen (secondary N) is 2. The monoisotopic (exact) mass is 301 g/mol. The minimum absolute atomic E-state index is 0.0575. The Balaban J connectivity index is 1.76. The van der Waals surface area contributed by atoms with E-state index in [1.54, 1.807) is 29.3 Å². The molecule has 1 aliphatic heterocycles. The molecule has 3 rings (SSSR count). The molecule has 0 saturated carbocycles. The average molecular weight is 301 g/mol. The van der Waals surface area contributed by atoms with Crippen LogP contribution in [-0.2, 0) is 4.74 Å². The van der Waals surface area contributed by atoms with Crippen LogP contribution in [-0.4, -0.2) is 58.0 Å². The SMILES string of the molecule is O=C(Nc1ccccn1)c1nc[nH]c1C(=O)N1CCOCC1. The molecule has 0 unspecified atom stereocenters. The zero-order chi connectivity index (χ0) is 15.4. The Morgan fingerprint density at radius 2 is 2.05 bits per heavy atom. The second kappa shape index (κ2) is 6.35. The number of H-pyrrole nitrogens is 1. The van der Waals surface area contributed by atoms with E-state index in [9.17, 15) is 9.59 Å². The van der Waals surface area contributed by atoms with E-state index in [0.29, 0.717) is 32.1 Å². The summed E-state index contributed by atoms with van der Waals surface area (Å²) < 4.78 is 5.22. The number of nitrogens with zero attached hydrogens (tertiary/aromatic N) is 3. The van der Waals surface area contributed by atoms with E-state index in [1.807, 2.05) is 0 Å². The molecule has 1 fully saturated rings. The number of amides is 2. The lowest BCUT2D eigenvalue weighted by molar-refractivity contribution is 0.0298.